The van der Waals surface area contributed by atoms with Crippen molar-refractivity contribution in [1.82, 2.24) is 4.90 Å². The van der Waals surface area contributed by atoms with Gasteiger partial charge < -0.3 is 15.3 Å². The molecule has 2 amide bonds. The number of hydrogen-bond donors (Lipinski definition) is 2. The Balaban J connectivity index is 2.13. The molecule has 1 heterocycles. The zero-order valence-electron chi connectivity index (χ0n) is 12.7. The molecule has 0 radical (unpaired) electrons. The summed E-state index contributed by atoms with van der Waals surface area (Å²) in [7, 11) is 1.57. The van der Waals surface area contributed by atoms with E-state index in [1.165, 1.54) is 16.2 Å². The van der Waals surface area contributed by atoms with Gasteiger partial charge in [-0.3, -0.25) is 14.4 Å². The number of carbonyl (C=O) groups is 3. The van der Waals surface area contributed by atoms with Crippen LogP contribution in [0.25, 0.3) is 0 Å². The lowest BCUT2D eigenvalue weighted by molar-refractivity contribution is -0.137. The maximum atomic E-state index is 12.5. The maximum Gasteiger partial charge on any atom is 0.305 e. The fourth-order valence-electron chi connectivity index (χ4n) is 2.00. The standard InChI is InChI=1S/C15H20N2O4S/c1-3-10-8-11(15(21)17(2)7-6-12(18)19)14(22-10)16-13(20)9-4-5-9/h8-9H,3-7H2,1-2H3,(H,16,20)(H,18,19). The quantitative estimate of drug-likeness (QED) is 0.805. The molecule has 1 aliphatic rings. The van der Waals surface area contributed by atoms with Crippen LogP contribution in [0.5, 0.6) is 0 Å². The topological polar surface area (TPSA) is 86.7 Å². The molecule has 0 aliphatic heterocycles. The van der Waals surface area contributed by atoms with Gasteiger partial charge in [-0.25, -0.2) is 0 Å². The Bertz CT molecular complexity index is 592. The Kier molecular flexibility index (Phi) is 5.18. The molecule has 2 rings (SSSR count). The van der Waals surface area contributed by atoms with Gasteiger partial charge in [0, 0.05) is 24.4 Å². The normalized spacial score (nSPS) is 13.7. The summed E-state index contributed by atoms with van der Waals surface area (Å²) in [5, 5.41) is 12.1. The van der Waals surface area contributed by atoms with Crippen LogP contribution in [-0.2, 0) is 16.0 Å². The Morgan fingerprint density at radius 2 is 2.09 bits per heavy atom. The van der Waals surface area contributed by atoms with E-state index >= 15 is 0 Å². The van der Waals surface area contributed by atoms with Crippen molar-refractivity contribution in [3.05, 3.63) is 16.5 Å². The van der Waals surface area contributed by atoms with E-state index in [2.05, 4.69) is 5.32 Å². The molecule has 0 unspecified atom stereocenters. The number of nitrogens with one attached hydrogen (secondary N) is 1. The molecule has 1 aliphatic carbocycles. The summed E-state index contributed by atoms with van der Waals surface area (Å²) in [6.07, 6.45) is 2.49. The molecule has 1 fully saturated rings. The van der Waals surface area contributed by atoms with Crippen LogP contribution in [0.15, 0.2) is 6.07 Å². The van der Waals surface area contributed by atoms with E-state index in [0.29, 0.717) is 10.6 Å². The number of aryl methyl sites for hydroxylation is 1. The fourth-order valence-corrected chi connectivity index (χ4v) is 2.99. The average Bonchev–Trinajstić information content (AvgIpc) is 3.26. The minimum atomic E-state index is -0.943. The number of anilines is 1. The van der Waals surface area contributed by atoms with E-state index in [4.69, 9.17) is 5.11 Å². The molecule has 1 saturated carbocycles. The lowest BCUT2D eigenvalue weighted by atomic mass is 10.2. The van der Waals surface area contributed by atoms with Crippen molar-refractivity contribution >= 4 is 34.1 Å². The maximum absolute atomic E-state index is 12.5. The Hall–Kier alpha value is -1.89. The van der Waals surface area contributed by atoms with E-state index in [-0.39, 0.29) is 30.7 Å². The zero-order valence-corrected chi connectivity index (χ0v) is 13.5. The van der Waals surface area contributed by atoms with Crippen molar-refractivity contribution in [3.63, 3.8) is 0 Å². The molecule has 0 saturated heterocycles. The van der Waals surface area contributed by atoms with Crippen LogP contribution in [-0.4, -0.2) is 41.4 Å². The third-order valence-corrected chi connectivity index (χ3v) is 4.75. The van der Waals surface area contributed by atoms with Gasteiger partial charge in [-0.2, -0.15) is 0 Å². The van der Waals surface area contributed by atoms with Crippen LogP contribution in [0.4, 0.5) is 5.00 Å². The molecule has 0 aromatic carbocycles. The lowest BCUT2D eigenvalue weighted by Crippen LogP contribution is -2.29. The minimum Gasteiger partial charge on any atom is -0.481 e. The number of carboxylic acids is 1. The van der Waals surface area contributed by atoms with Crippen LogP contribution in [0.1, 0.15) is 41.4 Å². The number of rotatable bonds is 7. The van der Waals surface area contributed by atoms with Gasteiger partial charge in [0.15, 0.2) is 0 Å². The first-order valence-electron chi connectivity index (χ1n) is 7.33. The van der Waals surface area contributed by atoms with Crippen molar-refractivity contribution in [2.45, 2.75) is 32.6 Å². The highest BCUT2D eigenvalue weighted by Gasteiger charge is 2.31. The summed E-state index contributed by atoms with van der Waals surface area (Å²) in [6.45, 7) is 2.13. The van der Waals surface area contributed by atoms with Crippen molar-refractivity contribution < 1.29 is 19.5 Å². The highest BCUT2D eigenvalue weighted by Crippen LogP contribution is 2.34. The predicted molar refractivity (Wildman–Crippen MR) is 84.3 cm³/mol. The number of aliphatic carboxylic acids is 1. The lowest BCUT2D eigenvalue weighted by Gasteiger charge is -2.16. The number of carbonyl (C=O) groups excluding carboxylic acids is 2. The molecule has 1 aromatic heterocycles. The average molecular weight is 324 g/mol. The largest absolute Gasteiger partial charge is 0.481 e. The molecule has 2 N–H and O–H groups in total. The monoisotopic (exact) mass is 324 g/mol. The second kappa shape index (κ2) is 6.91. The zero-order chi connectivity index (χ0) is 16.3. The van der Waals surface area contributed by atoms with Gasteiger partial charge in [0.1, 0.15) is 5.00 Å². The van der Waals surface area contributed by atoms with E-state index in [1.54, 1.807) is 13.1 Å². The van der Waals surface area contributed by atoms with Crippen molar-refractivity contribution in [3.8, 4) is 0 Å². The third-order valence-electron chi connectivity index (χ3n) is 3.55. The molecule has 22 heavy (non-hydrogen) atoms. The summed E-state index contributed by atoms with van der Waals surface area (Å²) in [5.41, 5.74) is 0.448. The van der Waals surface area contributed by atoms with Gasteiger partial charge in [-0.15, -0.1) is 11.3 Å². The summed E-state index contributed by atoms with van der Waals surface area (Å²) >= 11 is 1.41. The summed E-state index contributed by atoms with van der Waals surface area (Å²) in [5.74, 6) is -1.17. The summed E-state index contributed by atoms with van der Waals surface area (Å²) in [4.78, 5) is 37.4. The van der Waals surface area contributed by atoms with Gasteiger partial charge in [-0.05, 0) is 25.3 Å². The molecule has 0 spiro atoms. The van der Waals surface area contributed by atoms with Gasteiger partial charge in [0.2, 0.25) is 5.91 Å². The van der Waals surface area contributed by atoms with Crippen molar-refractivity contribution in [2.75, 3.05) is 18.9 Å². The van der Waals surface area contributed by atoms with Crippen LogP contribution in [0, 0.1) is 5.92 Å². The van der Waals surface area contributed by atoms with Gasteiger partial charge in [-0.1, -0.05) is 6.92 Å². The molecule has 120 valence electrons. The second-order valence-corrected chi connectivity index (χ2v) is 6.58. The van der Waals surface area contributed by atoms with Crippen molar-refractivity contribution in [2.24, 2.45) is 5.92 Å². The van der Waals surface area contributed by atoms with E-state index in [9.17, 15) is 14.4 Å². The van der Waals surface area contributed by atoms with Gasteiger partial charge in [0.05, 0.1) is 12.0 Å². The predicted octanol–water partition coefficient (Wildman–Crippen LogP) is 2.21. The molecular weight excluding hydrogens is 304 g/mol. The third kappa shape index (κ3) is 4.07. The molecular formula is C15H20N2O4S. The first-order chi connectivity index (χ1) is 10.4. The van der Waals surface area contributed by atoms with Crippen LogP contribution in [0.2, 0.25) is 0 Å². The van der Waals surface area contributed by atoms with Crippen LogP contribution in [0.3, 0.4) is 0 Å². The Morgan fingerprint density at radius 3 is 2.64 bits per heavy atom. The molecule has 0 atom stereocenters. The second-order valence-electron chi connectivity index (χ2n) is 5.44. The van der Waals surface area contributed by atoms with Crippen LogP contribution >= 0.6 is 11.3 Å². The smallest absolute Gasteiger partial charge is 0.305 e. The molecule has 1 aromatic rings. The Morgan fingerprint density at radius 1 is 1.41 bits per heavy atom. The summed E-state index contributed by atoms with van der Waals surface area (Å²) < 4.78 is 0. The highest BCUT2D eigenvalue weighted by molar-refractivity contribution is 7.16. The number of nitrogens with zero attached hydrogens (tertiary/aromatic N) is 1. The van der Waals surface area contributed by atoms with E-state index in [1.807, 2.05) is 6.92 Å². The van der Waals surface area contributed by atoms with Crippen molar-refractivity contribution in [1.29, 1.82) is 0 Å². The minimum absolute atomic E-state index is 0.0354. The van der Waals surface area contributed by atoms with E-state index in [0.717, 1.165) is 24.1 Å². The Labute approximate surface area is 133 Å². The number of thiophene rings is 1. The van der Waals surface area contributed by atoms with Crippen LogP contribution < -0.4 is 5.32 Å². The molecule has 7 heteroatoms. The first kappa shape index (κ1) is 16.5. The molecule has 6 nitrogen and oxygen atoms in total. The number of carboxylic acid groups (broad SMARTS) is 1. The van der Waals surface area contributed by atoms with Gasteiger partial charge in [0.25, 0.3) is 5.91 Å². The van der Waals surface area contributed by atoms with Gasteiger partial charge >= 0.3 is 5.97 Å². The summed E-state index contributed by atoms with van der Waals surface area (Å²) in [6, 6.07) is 1.78. The number of amides is 2. The van der Waals surface area contributed by atoms with E-state index < -0.39 is 5.97 Å². The SMILES string of the molecule is CCc1cc(C(=O)N(C)CCC(=O)O)c(NC(=O)C2CC2)s1. The highest BCUT2D eigenvalue weighted by atomic mass is 32.1. The number of hydrogen-bond acceptors (Lipinski definition) is 4. The molecule has 0 bridgehead atoms. The fraction of sp³-hybridized carbons (Fsp3) is 0.533. The first-order valence-corrected chi connectivity index (χ1v) is 8.14.